The second kappa shape index (κ2) is 6.57. The van der Waals surface area contributed by atoms with Crippen molar-refractivity contribution in [3.05, 3.63) is 23.9 Å². The van der Waals surface area contributed by atoms with Crippen LogP contribution < -0.4 is 4.90 Å². The van der Waals surface area contributed by atoms with Gasteiger partial charge in [0.25, 0.3) is 0 Å². The van der Waals surface area contributed by atoms with Crippen molar-refractivity contribution in [2.45, 2.75) is 32.7 Å². The molecule has 0 N–H and O–H groups in total. The van der Waals surface area contributed by atoms with Crippen molar-refractivity contribution in [3.8, 4) is 6.07 Å². The predicted molar refractivity (Wildman–Crippen MR) is 81.8 cm³/mol. The summed E-state index contributed by atoms with van der Waals surface area (Å²) in [5.74, 6) is 1.36. The van der Waals surface area contributed by atoms with Gasteiger partial charge in [0.15, 0.2) is 0 Å². The fourth-order valence-corrected chi connectivity index (χ4v) is 2.85. The lowest BCUT2D eigenvalue weighted by Crippen LogP contribution is -2.43. The number of carbonyl (C=O) groups excluding carboxylic acids is 1. The number of anilines is 1. The molecule has 0 aliphatic carbocycles. The van der Waals surface area contributed by atoms with Crippen LogP contribution in [0.3, 0.4) is 0 Å². The van der Waals surface area contributed by atoms with Crippen LogP contribution in [0.25, 0.3) is 0 Å². The minimum atomic E-state index is 0.153. The summed E-state index contributed by atoms with van der Waals surface area (Å²) in [4.78, 5) is 20.5. The van der Waals surface area contributed by atoms with E-state index < -0.39 is 0 Å². The molecule has 1 aromatic heterocycles. The van der Waals surface area contributed by atoms with Gasteiger partial charge < -0.3 is 9.80 Å². The third-order valence-corrected chi connectivity index (χ3v) is 4.03. The number of nitriles is 1. The maximum atomic E-state index is 12.5. The van der Waals surface area contributed by atoms with Crippen molar-refractivity contribution in [3.63, 3.8) is 0 Å². The molecule has 1 atom stereocenters. The Bertz CT molecular complexity index is 532. The van der Waals surface area contributed by atoms with Gasteiger partial charge in [-0.1, -0.05) is 13.8 Å². The van der Waals surface area contributed by atoms with E-state index in [4.69, 9.17) is 5.26 Å². The van der Waals surface area contributed by atoms with E-state index in [9.17, 15) is 4.79 Å². The van der Waals surface area contributed by atoms with Gasteiger partial charge >= 0.3 is 0 Å². The largest absolute Gasteiger partial charge is 0.350 e. The van der Waals surface area contributed by atoms with Crippen molar-refractivity contribution in [2.24, 2.45) is 5.92 Å². The number of pyridine rings is 1. The summed E-state index contributed by atoms with van der Waals surface area (Å²) in [5, 5.41) is 8.77. The summed E-state index contributed by atoms with van der Waals surface area (Å²) in [6.07, 6.45) is 3.72. The first-order valence-corrected chi connectivity index (χ1v) is 7.39. The molecule has 1 aromatic rings. The topological polar surface area (TPSA) is 60.2 Å². The molecule has 112 valence electrons. The number of nitrogens with zero attached hydrogens (tertiary/aromatic N) is 4. The molecule has 1 fully saturated rings. The van der Waals surface area contributed by atoms with Gasteiger partial charge in [0.05, 0.1) is 12.1 Å². The van der Waals surface area contributed by atoms with Gasteiger partial charge in [-0.05, 0) is 30.9 Å². The average Bonchev–Trinajstić information content (AvgIpc) is 2.97. The van der Waals surface area contributed by atoms with Crippen LogP contribution in [0.2, 0.25) is 0 Å². The van der Waals surface area contributed by atoms with Gasteiger partial charge in [0.2, 0.25) is 5.91 Å². The molecular weight excluding hydrogens is 264 g/mol. The first-order valence-electron chi connectivity index (χ1n) is 7.39. The van der Waals surface area contributed by atoms with Crippen LogP contribution in [-0.2, 0) is 4.79 Å². The predicted octanol–water partition coefficient (Wildman–Crippen LogP) is 2.04. The van der Waals surface area contributed by atoms with Gasteiger partial charge in [-0.25, -0.2) is 4.98 Å². The number of rotatable bonds is 4. The molecule has 0 aromatic carbocycles. The molecule has 0 bridgehead atoms. The van der Waals surface area contributed by atoms with E-state index in [0.29, 0.717) is 29.9 Å². The number of aromatic nitrogens is 1. The summed E-state index contributed by atoms with van der Waals surface area (Å²) >= 11 is 0. The lowest BCUT2D eigenvalue weighted by atomic mass is 10.0. The highest BCUT2D eigenvalue weighted by atomic mass is 16.2. The second-order valence-electron chi connectivity index (χ2n) is 5.91. The standard InChI is InChI=1S/C16H22N4O/c1-12(2)14-5-4-8-20(14)16(21)11-19(3)15-7-6-13(9-17)10-18-15/h6-7,10,12,14H,4-5,8,11H2,1-3H3/t14-/m0/s1. The van der Waals surface area contributed by atoms with Gasteiger partial charge in [-0.3, -0.25) is 4.79 Å². The van der Waals surface area contributed by atoms with E-state index in [2.05, 4.69) is 18.8 Å². The number of hydrogen-bond acceptors (Lipinski definition) is 4. The van der Waals surface area contributed by atoms with E-state index >= 15 is 0 Å². The van der Waals surface area contributed by atoms with E-state index in [1.54, 1.807) is 12.1 Å². The molecule has 0 unspecified atom stereocenters. The summed E-state index contributed by atoms with van der Waals surface area (Å²) in [6.45, 7) is 5.52. The smallest absolute Gasteiger partial charge is 0.242 e. The van der Waals surface area contributed by atoms with E-state index in [0.717, 1.165) is 19.4 Å². The molecular formula is C16H22N4O. The van der Waals surface area contributed by atoms with Crippen molar-refractivity contribution < 1.29 is 4.79 Å². The van der Waals surface area contributed by atoms with Gasteiger partial charge in [-0.15, -0.1) is 0 Å². The van der Waals surface area contributed by atoms with E-state index in [1.807, 2.05) is 22.9 Å². The van der Waals surface area contributed by atoms with E-state index in [-0.39, 0.29) is 5.91 Å². The second-order valence-corrected chi connectivity index (χ2v) is 5.91. The average molecular weight is 286 g/mol. The summed E-state index contributed by atoms with van der Waals surface area (Å²) in [7, 11) is 1.85. The highest BCUT2D eigenvalue weighted by molar-refractivity contribution is 5.81. The molecule has 0 saturated carbocycles. The monoisotopic (exact) mass is 286 g/mol. The molecule has 5 heteroatoms. The van der Waals surface area contributed by atoms with Gasteiger partial charge in [0.1, 0.15) is 11.9 Å². The van der Waals surface area contributed by atoms with Crippen molar-refractivity contribution >= 4 is 11.7 Å². The lowest BCUT2D eigenvalue weighted by molar-refractivity contribution is -0.131. The number of hydrogen-bond donors (Lipinski definition) is 0. The zero-order chi connectivity index (χ0) is 15.4. The van der Waals surface area contributed by atoms with Crippen LogP contribution in [0.15, 0.2) is 18.3 Å². The van der Waals surface area contributed by atoms with Gasteiger partial charge in [0, 0.05) is 25.8 Å². The third-order valence-electron chi connectivity index (χ3n) is 4.03. The summed E-state index contributed by atoms with van der Waals surface area (Å²) in [6, 6.07) is 5.89. The van der Waals surface area contributed by atoms with Crippen LogP contribution in [-0.4, -0.2) is 42.0 Å². The summed E-state index contributed by atoms with van der Waals surface area (Å²) in [5.41, 5.74) is 0.526. The molecule has 1 aliphatic heterocycles. The Morgan fingerprint density at radius 3 is 2.90 bits per heavy atom. The Labute approximate surface area is 126 Å². The van der Waals surface area contributed by atoms with Crippen LogP contribution in [0.5, 0.6) is 0 Å². The van der Waals surface area contributed by atoms with Crippen LogP contribution in [0.1, 0.15) is 32.3 Å². The number of likely N-dealkylation sites (N-methyl/N-ethyl adjacent to an activating group) is 1. The molecule has 0 spiro atoms. The Hall–Kier alpha value is -2.09. The molecule has 2 heterocycles. The molecule has 1 amide bonds. The maximum Gasteiger partial charge on any atom is 0.242 e. The van der Waals surface area contributed by atoms with Gasteiger partial charge in [-0.2, -0.15) is 5.26 Å². The highest BCUT2D eigenvalue weighted by Crippen LogP contribution is 2.24. The first kappa shape index (κ1) is 15.3. The molecule has 5 nitrogen and oxygen atoms in total. The Morgan fingerprint density at radius 2 is 2.33 bits per heavy atom. The molecule has 21 heavy (non-hydrogen) atoms. The van der Waals surface area contributed by atoms with Crippen molar-refractivity contribution in [2.75, 3.05) is 25.0 Å². The Balaban J connectivity index is 2.00. The van der Waals surface area contributed by atoms with Crippen molar-refractivity contribution in [1.29, 1.82) is 5.26 Å². The summed E-state index contributed by atoms with van der Waals surface area (Å²) < 4.78 is 0. The first-order chi connectivity index (χ1) is 10.0. The number of amides is 1. The zero-order valence-corrected chi connectivity index (χ0v) is 12.9. The zero-order valence-electron chi connectivity index (χ0n) is 12.9. The molecule has 1 saturated heterocycles. The number of likely N-dealkylation sites (tertiary alicyclic amines) is 1. The SMILES string of the molecule is CC(C)[C@@H]1CCCN1C(=O)CN(C)c1ccc(C#N)cn1. The number of carbonyl (C=O) groups is 1. The minimum absolute atomic E-state index is 0.153. The molecule has 2 rings (SSSR count). The fourth-order valence-electron chi connectivity index (χ4n) is 2.85. The maximum absolute atomic E-state index is 12.5. The van der Waals surface area contributed by atoms with Crippen LogP contribution in [0, 0.1) is 17.2 Å². The Kier molecular flexibility index (Phi) is 4.79. The quantitative estimate of drug-likeness (QED) is 0.850. The molecule has 0 radical (unpaired) electrons. The normalized spacial score (nSPS) is 17.9. The highest BCUT2D eigenvalue weighted by Gasteiger charge is 2.31. The third kappa shape index (κ3) is 3.52. The van der Waals surface area contributed by atoms with E-state index in [1.165, 1.54) is 6.20 Å². The van der Waals surface area contributed by atoms with Crippen LogP contribution >= 0.6 is 0 Å². The van der Waals surface area contributed by atoms with Crippen LogP contribution in [0.4, 0.5) is 5.82 Å². The lowest BCUT2D eigenvalue weighted by Gasteiger charge is -2.29. The van der Waals surface area contributed by atoms with Crippen molar-refractivity contribution in [1.82, 2.24) is 9.88 Å². The molecule has 1 aliphatic rings. The minimum Gasteiger partial charge on any atom is -0.350 e. The Morgan fingerprint density at radius 1 is 1.57 bits per heavy atom. The fraction of sp³-hybridized carbons (Fsp3) is 0.562.